The molecule has 33 heavy (non-hydrogen) atoms. The zero-order valence-corrected chi connectivity index (χ0v) is 20.2. The van der Waals surface area contributed by atoms with E-state index < -0.39 is 0 Å². The summed E-state index contributed by atoms with van der Waals surface area (Å²) in [5.74, 6) is 0.849. The van der Waals surface area contributed by atoms with E-state index in [2.05, 4.69) is 74.4 Å². The molecule has 2 heterocycles. The molecule has 0 amide bonds. The molecule has 4 aromatic rings. The van der Waals surface area contributed by atoms with Crippen molar-refractivity contribution in [2.24, 2.45) is 5.41 Å². The van der Waals surface area contributed by atoms with Crippen LogP contribution in [0.25, 0.3) is 33.6 Å². The van der Waals surface area contributed by atoms with E-state index in [1.807, 2.05) is 30.5 Å². The average molecular weight is 443 g/mol. The number of hydrogen-bond acceptors (Lipinski definition) is 4. The van der Waals surface area contributed by atoms with Crippen LogP contribution in [0.4, 0.5) is 5.69 Å². The highest BCUT2D eigenvalue weighted by Crippen LogP contribution is 2.43. The van der Waals surface area contributed by atoms with Gasteiger partial charge in [-0.25, -0.2) is 4.98 Å². The Hall–Kier alpha value is -3.11. The van der Waals surface area contributed by atoms with Crippen molar-refractivity contribution in [2.75, 3.05) is 25.1 Å². The van der Waals surface area contributed by atoms with Crippen LogP contribution in [0.1, 0.15) is 39.7 Å². The molecule has 0 aliphatic carbocycles. The molecule has 0 saturated carbocycles. The molecule has 0 radical (unpaired) electrons. The summed E-state index contributed by atoms with van der Waals surface area (Å²) in [5, 5.41) is 4.69. The lowest BCUT2D eigenvalue weighted by Crippen LogP contribution is -2.28. The van der Waals surface area contributed by atoms with Crippen molar-refractivity contribution in [1.29, 1.82) is 0 Å². The maximum absolute atomic E-state index is 6.37. The van der Waals surface area contributed by atoms with Gasteiger partial charge in [0.05, 0.1) is 12.0 Å². The first-order chi connectivity index (χ1) is 16.0. The van der Waals surface area contributed by atoms with Gasteiger partial charge in [0.15, 0.2) is 0 Å². The van der Waals surface area contributed by atoms with Crippen molar-refractivity contribution in [1.82, 2.24) is 4.98 Å². The van der Waals surface area contributed by atoms with Gasteiger partial charge in [-0.3, -0.25) is 0 Å². The number of hydrogen-bond donors (Lipinski definition) is 1. The van der Waals surface area contributed by atoms with Gasteiger partial charge >= 0.3 is 0 Å². The summed E-state index contributed by atoms with van der Waals surface area (Å²) >= 11 is 0. The third kappa shape index (κ3) is 5.28. The van der Waals surface area contributed by atoms with Crippen molar-refractivity contribution in [3.05, 3.63) is 72.4 Å². The van der Waals surface area contributed by atoms with E-state index >= 15 is 0 Å². The minimum atomic E-state index is -0.000301. The van der Waals surface area contributed by atoms with Crippen LogP contribution < -0.4 is 5.32 Å². The van der Waals surface area contributed by atoms with Crippen LogP contribution in [0.3, 0.4) is 0 Å². The molecule has 0 aliphatic rings. The highest BCUT2D eigenvalue weighted by molar-refractivity contribution is 6.06. The summed E-state index contributed by atoms with van der Waals surface area (Å²) < 4.78 is 12.2. The summed E-state index contributed by atoms with van der Waals surface area (Å²) in [6, 6.07) is 21.1. The number of furan rings is 1. The van der Waals surface area contributed by atoms with Crippen LogP contribution in [0.2, 0.25) is 0 Å². The summed E-state index contributed by atoms with van der Waals surface area (Å²) in [6.07, 6.45) is 3.86. The molecular formula is C29H34N2O2. The number of benzene rings is 2. The lowest BCUT2D eigenvalue weighted by atomic mass is 9.94. The number of anilines is 1. The summed E-state index contributed by atoms with van der Waals surface area (Å²) in [4.78, 5) is 4.58. The maximum atomic E-state index is 6.37. The molecule has 172 valence electrons. The number of ether oxygens (including phenoxy) is 1. The highest BCUT2D eigenvalue weighted by atomic mass is 16.5. The molecule has 0 atom stereocenters. The maximum Gasteiger partial charge on any atom is 0.229 e. The Balaban J connectivity index is 1.78. The predicted molar refractivity (Wildman–Crippen MR) is 138 cm³/mol. The fourth-order valence-corrected chi connectivity index (χ4v) is 4.02. The van der Waals surface area contributed by atoms with E-state index in [1.54, 1.807) is 0 Å². The van der Waals surface area contributed by atoms with E-state index in [4.69, 9.17) is 9.15 Å². The minimum absolute atomic E-state index is 0.000301. The summed E-state index contributed by atoms with van der Waals surface area (Å²) in [6.45, 7) is 11.1. The first kappa shape index (κ1) is 23.1. The summed E-state index contributed by atoms with van der Waals surface area (Å²) in [7, 11) is 0. The Kier molecular flexibility index (Phi) is 7.14. The monoisotopic (exact) mass is 442 g/mol. The normalized spacial score (nSPS) is 11.8. The smallest absolute Gasteiger partial charge is 0.229 e. The number of fused-ring (bicyclic) bond motifs is 1. The van der Waals surface area contributed by atoms with Crippen molar-refractivity contribution in [2.45, 2.75) is 40.5 Å². The fraction of sp³-hybridized carbons (Fsp3) is 0.345. The Morgan fingerprint density at radius 1 is 0.939 bits per heavy atom. The lowest BCUT2D eigenvalue weighted by Gasteiger charge is -2.25. The van der Waals surface area contributed by atoms with Gasteiger partial charge in [0.25, 0.3) is 0 Å². The number of aryl methyl sites for hydroxylation is 1. The summed E-state index contributed by atoms with van der Waals surface area (Å²) in [5.41, 5.74) is 6.25. The number of nitrogens with one attached hydrogen (secondary N) is 1. The van der Waals surface area contributed by atoms with Crippen LogP contribution in [0.5, 0.6) is 0 Å². The van der Waals surface area contributed by atoms with Crippen molar-refractivity contribution < 1.29 is 9.15 Å². The Morgan fingerprint density at radius 2 is 1.70 bits per heavy atom. The third-order valence-electron chi connectivity index (χ3n) is 5.88. The second-order valence-electron chi connectivity index (χ2n) is 9.33. The largest absolute Gasteiger partial charge is 0.437 e. The van der Waals surface area contributed by atoms with Gasteiger partial charge in [-0.2, -0.15) is 0 Å². The second kappa shape index (κ2) is 10.2. The molecule has 0 bridgehead atoms. The minimum Gasteiger partial charge on any atom is -0.437 e. The molecule has 2 aromatic heterocycles. The average Bonchev–Trinajstić information content (AvgIpc) is 3.24. The van der Waals surface area contributed by atoms with Gasteiger partial charge < -0.3 is 14.5 Å². The topological polar surface area (TPSA) is 47.3 Å². The molecule has 0 unspecified atom stereocenters. The molecule has 4 heteroatoms. The second-order valence-corrected chi connectivity index (χ2v) is 9.33. The van der Waals surface area contributed by atoms with Gasteiger partial charge in [0, 0.05) is 41.6 Å². The van der Waals surface area contributed by atoms with Gasteiger partial charge in [0.2, 0.25) is 5.71 Å². The van der Waals surface area contributed by atoms with Crippen molar-refractivity contribution in [3.8, 4) is 22.5 Å². The number of rotatable bonds is 10. The fourth-order valence-electron chi connectivity index (χ4n) is 4.02. The number of pyridine rings is 1. The molecule has 0 aliphatic heterocycles. The quantitative estimate of drug-likeness (QED) is 0.257. The van der Waals surface area contributed by atoms with Crippen LogP contribution >= 0.6 is 0 Å². The van der Waals surface area contributed by atoms with E-state index in [1.165, 1.54) is 5.56 Å². The van der Waals surface area contributed by atoms with Gasteiger partial charge in [-0.05, 0) is 30.0 Å². The van der Waals surface area contributed by atoms with Crippen molar-refractivity contribution >= 4 is 16.8 Å². The Labute approximate surface area is 197 Å². The van der Waals surface area contributed by atoms with Crippen molar-refractivity contribution in [3.63, 3.8) is 0 Å². The highest BCUT2D eigenvalue weighted by Gasteiger charge is 2.23. The molecule has 2 aromatic carbocycles. The standard InChI is InChI=1S/C29H34N2O2/c1-5-18-32-20-29(3,4)19-31-24-16-17-30-28-26(24)25(22-14-12-21(6-2)13-15-22)27(33-28)23-10-8-7-9-11-23/h7-17H,5-6,18-20H2,1-4H3,(H,30,31). The molecule has 0 fully saturated rings. The third-order valence-corrected chi connectivity index (χ3v) is 5.88. The number of nitrogens with zero attached hydrogens (tertiary/aromatic N) is 1. The van der Waals surface area contributed by atoms with Crippen LogP contribution in [0, 0.1) is 5.41 Å². The van der Waals surface area contributed by atoms with Gasteiger partial charge in [-0.15, -0.1) is 0 Å². The van der Waals surface area contributed by atoms with E-state index in [0.717, 1.165) is 59.5 Å². The van der Waals surface area contributed by atoms with Crippen LogP contribution in [-0.4, -0.2) is 24.7 Å². The van der Waals surface area contributed by atoms with Gasteiger partial charge in [0.1, 0.15) is 5.76 Å². The molecule has 4 rings (SSSR count). The first-order valence-corrected chi connectivity index (χ1v) is 11.9. The van der Waals surface area contributed by atoms with E-state index in [0.29, 0.717) is 12.3 Å². The predicted octanol–water partition coefficient (Wildman–Crippen LogP) is 7.59. The molecular weight excluding hydrogens is 408 g/mol. The van der Waals surface area contributed by atoms with Gasteiger partial charge in [-0.1, -0.05) is 82.3 Å². The molecule has 1 N–H and O–H groups in total. The SMILES string of the molecule is CCCOCC(C)(C)CNc1ccnc2oc(-c3ccccc3)c(-c3ccc(CC)cc3)c12. The van der Waals surface area contributed by atoms with E-state index in [9.17, 15) is 0 Å². The molecule has 4 nitrogen and oxygen atoms in total. The Morgan fingerprint density at radius 3 is 2.39 bits per heavy atom. The Bertz CT molecular complexity index is 1180. The van der Waals surface area contributed by atoms with Crippen LogP contribution in [-0.2, 0) is 11.2 Å². The molecule has 0 saturated heterocycles. The molecule has 0 spiro atoms. The lowest BCUT2D eigenvalue weighted by molar-refractivity contribution is 0.0689. The van der Waals surface area contributed by atoms with E-state index in [-0.39, 0.29) is 5.41 Å². The zero-order chi connectivity index (χ0) is 23.3. The number of aromatic nitrogens is 1. The first-order valence-electron chi connectivity index (χ1n) is 11.9. The van der Waals surface area contributed by atoms with Crippen LogP contribution in [0.15, 0.2) is 71.3 Å². The zero-order valence-electron chi connectivity index (χ0n) is 20.2.